The molecule has 0 bridgehead atoms. The number of likely N-dealkylation sites (N-methyl/N-ethyl adjacent to an activating group) is 1. The van der Waals surface area contributed by atoms with E-state index in [2.05, 4.69) is 34.1 Å². The standard InChI is InChI=1S/C27H28Cl2N8O2/c1-27(2)18-9-8-16(12-15(18)10-11-36(27)21(38)14-35(3)4)32-25-31-13-17-23(30)37(26(39)34-24(17)33-25)22-19(28)6-5-7-20(22)29/h5-9,12-13,30H,10-11,14H2,1-4H3,(H2,31,32,33,34,39). The molecule has 2 aromatic carbocycles. The summed E-state index contributed by atoms with van der Waals surface area (Å²) in [7, 11) is 3.78. The van der Waals surface area contributed by atoms with E-state index in [1.807, 2.05) is 42.1 Å². The fourth-order valence-corrected chi connectivity index (χ4v) is 5.63. The average Bonchev–Trinajstić information content (AvgIpc) is 2.85. The molecule has 0 fully saturated rings. The number of H-pyrrole nitrogens is 1. The van der Waals surface area contributed by atoms with E-state index >= 15 is 0 Å². The Labute approximate surface area is 234 Å². The fraction of sp³-hybridized carbons (Fsp3) is 0.296. The molecule has 0 saturated heterocycles. The maximum absolute atomic E-state index is 12.9. The maximum atomic E-state index is 12.9. The Morgan fingerprint density at radius 1 is 1.21 bits per heavy atom. The first kappa shape index (κ1) is 26.9. The van der Waals surface area contributed by atoms with Gasteiger partial charge in [0.15, 0.2) is 5.65 Å². The second kappa shape index (κ2) is 10.1. The highest BCUT2D eigenvalue weighted by Crippen LogP contribution is 2.36. The molecule has 5 rings (SSSR count). The Morgan fingerprint density at radius 2 is 1.92 bits per heavy atom. The minimum absolute atomic E-state index is 0.100. The molecule has 0 atom stereocenters. The third-order valence-corrected chi connectivity index (χ3v) is 7.52. The van der Waals surface area contributed by atoms with Crippen molar-refractivity contribution in [3.63, 3.8) is 0 Å². The number of aromatic nitrogens is 4. The summed E-state index contributed by atoms with van der Waals surface area (Å²) in [5.74, 6) is 0.368. The van der Waals surface area contributed by atoms with Crippen LogP contribution in [0.2, 0.25) is 10.0 Å². The van der Waals surface area contributed by atoms with Gasteiger partial charge in [0.05, 0.1) is 33.2 Å². The number of rotatable bonds is 5. The SMILES string of the molecule is CN(C)CC(=O)N1CCc2cc(Nc3ncc4c(=N)n(-c5c(Cl)cccc5Cl)c(=O)[nH]c4n3)ccc2C1(C)C. The summed E-state index contributed by atoms with van der Waals surface area (Å²) in [5, 5.41) is 12.6. The largest absolute Gasteiger partial charge is 0.333 e. The first-order valence-corrected chi connectivity index (χ1v) is 13.1. The van der Waals surface area contributed by atoms with Gasteiger partial charge in [-0.3, -0.25) is 15.2 Å². The van der Waals surface area contributed by atoms with E-state index in [1.54, 1.807) is 18.2 Å². The number of aromatic amines is 1. The van der Waals surface area contributed by atoms with E-state index in [0.29, 0.717) is 18.5 Å². The number of carbonyl (C=O) groups is 1. The molecule has 202 valence electrons. The van der Waals surface area contributed by atoms with Crippen LogP contribution in [0.1, 0.15) is 25.0 Å². The van der Waals surface area contributed by atoms with Crippen molar-refractivity contribution in [3.8, 4) is 5.69 Å². The van der Waals surface area contributed by atoms with Crippen LogP contribution >= 0.6 is 23.2 Å². The molecule has 3 N–H and O–H groups in total. The molecule has 1 aliphatic heterocycles. The molecule has 10 nitrogen and oxygen atoms in total. The van der Waals surface area contributed by atoms with Crippen LogP contribution in [-0.4, -0.2) is 62.4 Å². The number of halogens is 2. The van der Waals surface area contributed by atoms with Gasteiger partial charge >= 0.3 is 5.69 Å². The number of amides is 1. The van der Waals surface area contributed by atoms with Crippen molar-refractivity contribution in [1.82, 2.24) is 29.3 Å². The summed E-state index contributed by atoms with van der Waals surface area (Å²) in [6.07, 6.45) is 2.20. The summed E-state index contributed by atoms with van der Waals surface area (Å²) in [6, 6.07) is 10.8. The zero-order chi connectivity index (χ0) is 28.1. The molecule has 12 heteroatoms. The number of hydrogen-bond donors (Lipinski definition) is 3. The summed E-state index contributed by atoms with van der Waals surface area (Å²) < 4.78 is 1.10. The summed E-state index contributed by atoms with van der Waals surface area (Å²) in [5.41, 5.74) is 2.25. The minimum atomic E-state index is -0.600. The minimum Gasteiger partial charge on any atom is -0.332 e. The van der Waals surface area contributed by atoms with Crippen LogP contribution < -0.4 is 16.5 Å². The Balaban J connectivity index is 1.45. The van der Waals surface area contributed by atoms with Gasteiger partial charge in [-0.05, 0) is 69.8 Å². The molecule has 0 aliphatic carbocycles. The van der Waals surface area contributed by atoms with E-state index in [0.717, 1.165) is 27.8 Å². The molecule has 4 aromatic rings. The molecule has 3 heterocycles. The van der Waals surface area contributed by atoms with E-state index in [1.165, 1.54) is 6.20 Å². The van der Waals surface area contributed by atoms with Crippen LogP contribution in [0, 0.1) is 5.41 Å². The number of nitrogens with zero attached hydrogens (tertiary/aromatic N) is 5. The van der Waals surface area contributed by atoms with Gasteiger partial charge in [-0.25, -0.2) is 14.3 Å². The monoisotopic (exact) mass is 566 g/mol. The van der Waals surface area contributed by atoms with Gasteiger partial charge in [0.1, 0.15) is 5.49 Å². The highest BCUT2D eigenvalue weighted by atomic mass is 35.5. The fourth-order valence-electron chi connectivity index (χ4n) is 5.06. The number of benzene rings is 2. The molecule has 0 spiro atoms. The number of fused-ring (bicyclic) bond motifs is 2. The molecule has 1 aliphatic rings. The van der Waals surface area contributed by atoms with Gasteiger partial charge in [-0.2, -0.15) is 4.98 Å². The van der Waals surface area contributed by atoms with Gasteiger partial charge in [-0.1, -0.05) is 35.3 Å². The van der Waals surface area contributed by atoms with Gasteiger partial charge < -0.3 is 15.1 Å². The van der Waals surface area contributed by atoms with Crippen molar-refractivity contribution in [3.05, 3.63) is 79.7 Å². The first-order chi connectivity index (χ1) is 18.5. The molecule has 1 amide bonds. The van der Waals surface area contributed by atoms with Crippen LogP contribution in [0.15, 0.2) is 47.4 Å². The zero-order valence-corrected chi connectivity index (χ0v) is 23.5. The molecular formula is C27H28Cl2N8O2. The lowest BCUT2D eigenvalue weighted by atomic mass is 9.83. The van der Waals surface area contributed by atoms with Crippen LogP contribution in [-0.2, 0) is 16.8 Å². The Hall–Kier alpha value is -3.73. The van der Waals surface area contributed by atoms with Crippen molar-refractivity contribution >= 4 is 51.8 Å². The summed E-state index contributed by atoms with van der Waals surface area (Å²) >= 11 is 12.6. The quantitative estimate of drug-likeness (QED) is 0.337. The topological polar surface area (TPSA) is 123 Å². The van der Waals surface area contributed by atoms with E-state index in [4.69, 9.17) is 28.6 Å². The first-order valence-electron chi connectivity index (χ1n) is 12.3. The van der Waals surface area contributed by atoms with E-state index in [-0.39, 0.29) is 38.7 Å². The molecule has 2 aromatic heterocycles. The van der Waals surface area contributed by atoms with Crippen LogP contribution in [0.4, 0.5) is 11.6 Å². The highest BCUT2D eigenvalue weighted by molar-refractivity contribution is 6.37. The maximum Gasteiger partial charge on any atom is 0.333 e. The lowest BCUT2D eigenvalue weighted by molar-refractivity contribution is -0.138. The number of anilines is 2. The number of para-hydroxylation sites is 1. The Kier molecular flexibility index (Phi) is 6.96. The third kappa shape index (κ3) is 4.91. The van der Waals surface area contributed by atoms with Crippen LogP contribution in [0.25, 0.3) is 16.7 Å². The van der Waals surface area contributed by atoms with Crippen molar-refractivity contribution in [2.45, 2.75) is 25.8 Å². The number of nitrogens with one attached hydrogen (secondary N) is 3. The number of hydrogen-bond acceptors (Lipinski definition) is 7. The second-order valence-corrected chi connectivity index (χ2v) is 11.0. The van der Waals surface area contributed by atoms with Gasteiger partial charge in [-0.15, -0.1) is 0 Å². The van der Waals surface area contributed by atoms with E-state index < -0.39 is 11.2 Å². The molecular weight excluding hydrogens is 539 g/mol. The normalized spacial score (nSPS) is 14.5. The smallest absolute Gasteiger partial charge is 0.332 e. The van der Waals surface area contributed by atoms with Crippen molar-refractivity contribution < 1.29 is 4.79 Å². The predicted molar refractivity (Wildman–Crippen MR) is 152 cm³/mol. The molecule has 0 unspecified atom stereocenters. The van der Waals surface area contributed by atoms with Crippen molar-refractivity contribution in [2.75, 3.05) is 32.5 Å². The highest BCUT2D eigenvalue weighted by Gasteiger charge is 2.37. The summed E-state index contributed by atoms with van der Waals surface area (Å²) in [4.78, 5) is 41.1. The molecule has 0 radical (unpaired) electrons. The third-order valence-electron chi connectivity index (χ3n) is 6.91. The lowest BCUT2D eigenvalue weighted by Crippen LogP contribution is -2.52. The Morgan fingerprint density at radius 3 is 2.62 bits per heavy atom. The predicted octanol–water partition coefficient (Wildman–Crippen LogP) is 3.82. The van der Waals surface area contributed by atoms with Crippen LogP contribution in [0.5, 0.6) is 0 Å². The average molecular weight is 567 g/mol. The zero-order valence-electron chi connectivity index (χ0n) is 22.0. The van der Waals surface area contributed by atoms with Crippen molar-refractivity contribution in [2.24, 2.45) is 0 Å². The molecule has 0 saturated carbocycles. The summed E-state index contributed by atoms with van der Waals surface area (Å²) in [6.45, 7) is 5.13. The van der Waals surface area contributed by atoms with Gasteiger partial charge in [0, 0.05) is 18.4 Å². The van der Waals surface area contributed by atoms with Gasteiger partial charge in [0.25, 0.3) is 0 Å². The second-order valence-electron chi connectivity index (χ2n) is 10.2. The Bertz CT molecular complexity index is 1710. The van der Waals surface area contributed by atoms with Crippen molar-refractivity contribution in [1.29, 1.82) is 5.41 Å². The molecule has 39 heavy (non-hydrogen) atoms. The lowest BCUT2D eigenvalue weighted by Gasteiger charge is -2.44. The van der Waals surface area contributed by atoms with Crippen LogP contribution in [0.3, 0.4) is 0 Å². The number of carbonyl (C=O) groups excluding carboxylic acids is 1. The van der Waals surface area contributed by atoms with E-state index in [9.17, 15) is 9.59 Å². The van der Waals surface area contributed by atoms with Gasteiger partial charge in [0.2, 0.25) is 11.9 Å².